The molecule has 0 spiro atoms. The van der Waals surface area contributed by atoms with E-state index in [1.54, 1.807) is 25.7 Å². The van der Waals surface area contributed by atoms with Gasteiger partial charge in [-0.1, -0.05) is 38.8 Å². The Morgan fingerprint density at radius 2 is 1.92 bits per heavy atom. The first-order chi connectivity index (χ1) is 16.9. The molecule has 0 unspecified atom stereocenters. The summed E-state index contributed by atoms with van der Waals surface area (Å²) < 4.78 is 5.39. The van der Waals surface area contributed by atoms with Gasteiger partial charge in [0, 0.05) is 19.0 Å². The largest absolute Gasteiger partial charge is 0.444 e. The third-order valence-corrected chi connectivity index (χ3v) is 7.00. The fourth-order valence-corrected chi connectivity index (χ4v) is 5.00. The summed E-state index contributed by atoms with van der Waals surface area (Å²) in [4.78, 5) is 54.2. The minimum atomic E-state index is -0.964. The summed E-state index contributed by atoms with van der Waals surface area (Å²) >= 11 is 0. The molecule has 2 aliphatic heterocycles. The fourth-order valence-electron chi connectivity index (χ4n) is 5.00. The summed E-state index contributed by atoms with van der Waals surface area (Å²) in [6, 6.07) is -1.42. The Morgan fingerprint density at radius 1 is 1.17 bits per heavy atom. The van der Waals surface area contributed by atoms with Crippen LogP contribution in [0, 0.1) is 11.8 Å². The zero-order valence-electron chi connectivity index (χ0n) is 22.5. The first-order valence-corrected chi connectivity index (χ1v) is 13.5. The number of nitrogens with one attached hydrogen (secondary N) is 3. The van der Waals surface area contributed by atoms with Crippen molar-refractivity contribution in [3.8, 4) is 0 Å². The van der Waals surface area contributed by atoms with E-state index >= 15 is 0 Å². The lowest BCUT2D eigenvalue weighted by molar-refractivity contribution is -0.141. The number of fused-ring (bicyclic) bond motifs is 2. The maximum absolute atomic E-state index is 13.6. The van der Waals surface area contributed by atoms with Gasteiger partial charge in [-0.15, -0.1) is 0 Å². The van der Waals surface area contributed by atoms with Gasteiger partial charge in [-0.05, 0) is 65.2 Å². The van der Waals surface area contributed by atoms with Crippen LogP contribution < -0.4 is 16.0 Å². The molecule has 2 heterocycles. The van der Waals surface area contributed by atoms with Crippen molar-refractivity contribution in [3.63, 3.8) is 0 Å². The third-order valence-electron chi connectivity index (χ3n) is 7.00. The minimum absolute atomic E-state index is 0.0501. The van der Waals surface area contributed by atoms with Crippen molar-refractivity contribution in [2.24, 2.45) is 11.8 Å². The van der Waals surface area contributed by atoms with Gasteiger partial charge in [-0.25, -0.2) is 4.79 Å². The van der Waals surface area contributed by atoms with Gasteiger partial charge < -0.3 is 25.6 Å². The molecule has 0 aromatic heterocycles. The molecule has 0 aromatic carbocycles. The summed E-state index contributed by atoms with van der Waals surface area (Å²) in [6.45, 7) is 10.4. The van der Waals surface area contributed by atoms with Gasteiger partial charge in [-0.2, -0.15) is 0 Å². The number of allylic oxidation sites excluding steroid dienone is 1. The first-order valence-electron chi connectivity index (χ1n) is 13.5. The molecule has 4 amide bonds. The molecular weight excluding hydrogens is 460 g/mol. The predicted molar refractivity (Wildman–Crippen MR) is 137 cm³/mol. The van der Waals surface area contributed by atoms with E-state index in [2.05, 4.69) is 28.1 Å². The maximum atomic E-state index is 13.6. The Bertz CT molecular complexity index is 865. The average molecular weight is 505 g/mol. The van der Waals surface area contributed by atoms with E-state index in [1.807, 2.05) is 13.8 Å². The number of amides is 4. The number of hydrogen-bond donors (Lipinski definition) is 3. The summed E-state index contributed by atoms with van der Waals surface area (Å²) in [6.07, 6.45) is 9.27. The zero-order valence-corrected chi connectivity index (χ0v) is 22.5. The highest BCUT2D eigenvalue weighted by molar-refractivity contribution is 5.98. The maximum Gasteiger partial charge on any atom is 0.408 e. The smallest absolute Gasteiger partial charge is 0.408 e. The van der Waals surface area contributed by atoms with E-state index in [1.165, 1.54) is 0 Å². The number of nitrogens with zero attached hydrogens (tertiary/aromatic N) is 1. The molecule has 0 radical (unpaired) electrons. The van der Waals surface area contributed by atoms with Crippen LogP contribution in [0.4, 0.5) is 4.79 Å². The summed E-state index contributed by atoms with van der Waals surface area (Å²) in [5.74, 6) is -0.484. The van der Waals surface area contributed by atoms with Crippen molar-refractivity contribution in [2.45, 2.75) is 109 Å². The Hall–Kier alpha value is -2.58. The molecule has 3 rings (SSSR count). The molecule has 1 saturated heterocycles. The van der Waals surface area contributed by atoms with E-state index in [4.69, 9.17) is 4.74 Å². The molecule has 36 heavy (non-hydrogen) atoms. The molecule has 9 nitrogen and oxygen atoms in total. The Morgan fingerprint density at radius 3 is 2.61 bits per heavy atom. The lowest BCUT2D eigenvalue weighted by atomic mass is 10.0. The molecule has 3 N–H and O–H groups in total. The lowest BCUT2D eigenvalue weighted by Gasteiger charge is -2.30. The second-order valence-electron chi connectivity index (χ2n) is 11.8. The van der Waals surface area contributed by atoms with Crippen molar-refractivity contribution in [1.29, 1.82) is 0 Å². The van der Waals surface area contributed by atoms with E-state index in [0.29, 0.717) is 44.7 Å². The van der Waals surface area contributed by atoms with Gasteiger partial charge in [0.25, 0.3) is 0 Å². The van der Waals surface area contributed by atoms with E-state index in [-0.39, 0.29) is 23.6 Å². The van der Waals surface area contributed by atoms with Gasteiger partial charge in [0.2, 0.25) is 17.7 Å². The van der Waals surface area contributed by atoms with Crippen LogP contribution in [0.25, 0.3) is 0 Å². The second kappa shape index (κ2) is 11.6. The van der Waals surface area contributed by atoms with Crippen LogP contribution in [0.1, 0.15) is 86.0 Å². The molecule has 0 aromatic rings. The highest BCUT2D eigenvalue weighted by Gasteiger charge is 2.60. The predicted octanol–water partition coefficient (Wildman–Crippen LogP) is 3.04. The molecule has 2 fully saturated rings. The van der Waals surface area contributed by atoms with Crippen molar-refractivity contribution in [2.75, 3.05) is 13.1 Å². The molecule has 1 aliphatic carbocycles. The Balaban J connectivity index is 1.80. The van der Waals surface area contributed by atoms with Crippen molar-refractivity contribution in [3.05, 3.63) is 12.2 Å². The quantitative estimate of drug-likeness (QED) is 0.509. The normalized spacial score (nSPS) is 30.3. The van der Waals surface area contributed by atoms with Gasteiger partial charge >= 0.3 is 6.09 Å². The average Bonchev–Trinajstić information content (AvgIpc) is 3.24. The highest BCUT2D eigenvalue weighted by atomic mass is 16.6. The van der Waals surface area contributed by atoms with Crippen LogP contribution in [0.5, 0.6) is 0 Å². The van der Waals surface area contributed by atoms with Crippen LogP contribution in [0.15, 0.2) is 12.2 Å². The zero-order chi connectivity index (χ0) is 26.5. The molecule has 4 atom stereocenters. The second-order valence-corrected chi connectivity index (χ2v) is 11.8. The Kier molecular flexibility index (Phi) is 9.06. The van der Waals surface area contributed by atoms with Gasteiger partial charge in [0.1, 0.15) is 23.2 Å². The molecule has 1 saturated carbocycles. The van der Waals surface area contributed by atoms with Crippen LogP contribution in [0.3, 0.4) is 0 Å². The third kappa shape index (κ3) is 7.23. The molecule has 202 valence electrons. The Labute approximate surface area is 215 Å². The van der Waals surface area contributed by atoms with Gasteiger partial charge in [0.05, 0.1) is 0 Å². The number of ether oxygens (including phenoxy) is 1. The van der Waals surface area contributed by atoms with Crippen molar-refractivity contribution >= 4 is 23.8 Å². The minimum Gasteiger partial charge on any atom is -0.444 e. The van der Waals surface area contributed by atoms with Crippen LogP contribution in [-0.4, -0.2) is 65.0 Å². The van der Waals surface area contributed by atoms with E-state index < -0.39 is 29.3 Å². The van der Waals surface area contributed by atoms with Crippen molar-refractivity contribution < 1.29 is 23.9 Å². The number of alkyl carbamates (subject to hydrolysis) is 1. The van der Waals surface area contributed by atoms with Gasteiger partial charge in [0.15, 0.2) is 0 Å². The standard InChI is InChI=1S/C27H44N4O5/c1-18(2)17-28-24(34)27-16-19(27)12-9-7-6-8-10-13-20(29-25(35)36-26(3,4)5)23(33)31-15-11-14-21(31)22(32)30-27/h9,12,18-21H,6-8,10-11,13-17H2,1-5H3,(H,28,34)(H,29,35)(H,30,32)/b12-9-/t19-,20+,21+,27-/m1/s1. The number of rotatable bonds is 4. The number of carbonyl (C=O) groups excluding carboxylic acids is 4. The van der Waals surface area contributed by atoms with Crippen LogP contribution >= 0.6 is 0 Å². The summed E-state index contributed by atoms with van der Waals surface area (Å²) in [5.41, 5.74) is -1.64. The number of hydrogen-bond acceptors (Lipinski definition) is 5. The van der Waals surface area contributed by atoms with E-state index in [9.17, 15) is 19.2 Å². The SMILES string of the molecule is CC(C)CNC(=O)[C@@]12C[C@H]1/C=C\CCCCC[C@H](NC(=O)OC(C)(C)C)C(=O)N1CCC[C@H]1C(=O)N2. The number of carbonyl (C=O) groups is 4. The highest BCUT2D eigenvalue weighted by Crippen LogP contribution is 2.45. The van der Waals surface area contributed by atoms with Crippen LogP contribution in [-0.2, 0) is 19.1 Å². The van der Waals surface area contributed by atoms with E-state index in [0.717, 1.165) is 25.7 Å². The molecular formula is C27H44N4O5. The first kappa shape index (κ1) is 28.0. The van der Waals surface area contributed by atoms with Gasteiger partial charge in [-0.3, -0.25) is 14.4 Å². The lowest BCUT2D eigenvalue weighted by Crippen LogP contribution is -2.58. The molecule has 0 bridgehead atoms. The molecule has 9 heteroatoms. The van der Waals surface area contributed by atoms with Crippen molar-refractivity contribution in [1.82, 2.24) is 20.9 Å². The fraction of sp³-hybridized carbons (Fsp3) is 0.778. The van der Waals surface area contributed by atoms with Crippen LogP contribution in [0.2, 0.25) is 0 Å². The summed E-state index contributed by atoms with van der Waals surface area (Å²) in [7, 11) is 0. The topological polar surface area (TPSA) is 117 Å². The molecule has 3 aliphatic rings. The monoisotopic (exact) mass is 504 g/mol. The summed E-state index contributed by atoms with van der Waals surface area (Å²) in [5, 5.41) is 8.77.